The second-order valence-electron chi connectivity index (χ2n) is 4.93. The number of thioether (sulfide) groups is 1. The van der Waals surface area contributed by atoms with Crippen molar-refractivity contribution in [1.29, 1.82) is 0 Å². The van der Waals surface area contributed by atoms with Gasteiger partial charge in [0.1, 0.15) is 5.82 Å². The summed E-state index contributed by atoms with van der Waals surface area (Å²) in [4.78, 5) is 4.58. The van der Waals surface area contributed by atoms with Crippen molar-refractivity contribution >= 4 is 38.6 Å². The highest BCUT2D eigenvalue weighted by molar-refractivity contribution is 7.99. The van der Waals surface area contributed by atoms with Crippen LogP contribution in [-0.4, -0.2) is 41.8 Å². The lowest BCUT2D eigenvalue weighted by atomic mass is 10.5. The number of aromatic nitrogens is 6. The average Bonchev–Trinajstić information content (AvgIpc) is 3.13. The summed E-state index contributed by atoms with van der Waals surface area (Å²) in [6.07, 6.45) is 0. The van der Waals surface area contributed by atoms with Gasteiger partial charge >= 0.3 is 0 Å². The molecule has 0 amide bonds. The maximum Gasteiger partial charge on any atom is 0.191 e. The van der Waals surface area contributed by atoms with Crippen LogP contribution < -0.4 is 5.32 Å². The van der Waals surface area contributed by atoms with Crippen LogP contribution >= 0.6 is 23.1 Å². The van der Waals surface area contributed by atoms with Crippen LogP contribution in [-0.2, 0) is 13.6 Å². The van der Waals surface area contributed by atoms with Gasteiger partial charge in [0.25, 0.3) is 0 Å². The van der Waals surface area contributed by atoms with E-state index in [1.165, 1.54) is 0 Å². The molecule has 22 heavy (non-hydrogen) atoms. The molecule has 0 radical (unpaired) electrons. The zero-order valence-corrected chi connectivity index (χ0v) is 14.8. The Bertz CT molecular complexity index is 751. The van der Waals surface area contributed by atoms with Crippen molar-refractivity contribution in [2.45, 2.75) is 32.5 Å². The Morgan fingerprint density at radius 3 is 2.82 bits per heavy atom. The first-order chi connectivity index (χ1) is 10.6. The van der Waals surface area contributed by atoms with Crippen LogP contribution in [0.15, 0.2) is 5.16 Å². The van der Waals surface area contributed by atoms with Gasteiger partial charge in [0.05, 0.1) is 10.4 Å². The molecule has 3 heterocycles. The summed E-state index contributed by atoms with van der Waals surface area (Å²) in [6.45, 7) is 7.85. The third kappa shape index (κ3) is 2.82. The molecule has 0 aliphatic carbocycles. The first-order valence-electron chi connectivity index (χ1n) is 7.16. The summed E-state index contributed by atoms with van der Waals surface area (Å²) in [5.74, 6) is 1.89. The van der Waals surface area contributed by atoms with Crippen molar-refractivity contribution < 1.29 is 0 Å². The number of hydrogen-bond acceptors (Lipinski definition) is 7. The summed E-state index contributed by atoms with van der Waals surface area (Å²) < 4.78 is 5.10. The predicted octanol–water partition coefficient (Wildman–Crippen LogP) is 2.46. The van der Waals surface area contributed by atoms with Crippen LogP contribution in [0, 0.1) is 13.8 Å². The summed E-state index contributed by atoms with van der Waals surface area (Å²) >= 11 is 3.37. The number of nitrogens with zero attached hydrogens (tertiary/aromatic N) is 6. The fourth-order valence-electron chi connectivity index (χ4n) is 2.29. The van der Waals surface area contributed by atoms with Crippen LogP contribution in [0.2, 0.25) is 0 Å². The molecule has 0 unspecified atom stereocenters. The van der Waals surface area contributed by atoms with Gasteiger partial charge in [-0.1, -0.05) is 23.1 Å². The number of thiazole rings is 1. The molecule has 7 nitrogen and oxygen atoms in total. The minimum absolute atomic E-state index is 0.840. The number of anilines is 1. The third-order valence-electron chi connectivity index (χ3n) is 3.37. The molecule has 3 aromatic heterocycles. The normalized spacial score (nSPS) is 11.5. The molecule has 1 N–H and O–H groups in total. The first kappa shape index (κ1) is 15.3. The molecule has 0 saturated carbocycles. The standard InChI is InChI=1S/C13H19N7S2/c1-5-20-9(3)16-17-13(20)21-7-6-14-12-15-11-10(22-12)8(2)18-19(11)4/h5-7H2,1-4H3,(H,14,15). The van der Waals surface area contributed by atoms with Crippen molar-refractivity contribution in [2.24, 2.45) is 7.05 Å². The number of rotatable bonds is 6. The van der Waals surface area contributed by atoms with E-state index in [4.69, 9.17) is 0 Å². The van der Waals surface area contributed by atoms with Crippen molar-refractivity contribution in [3.05, 3.63) is 11.5 Å². The van der Waals surface area contributed by atoms with Crippen molar-refractivity contribution in [2.75, 3.05) is 17.6 Å². The molecule has 0 aromatic carbocycles. The van der Waals surface area contributed by atoms with Crippen LogP contribution in [0.4, 0.5) is 5.13 Å². The van der Waals surface area contributed by atoms with Gasteiger partial charge in [-0.25, -0.2) is 9.67 Å². The van der Waals surface area contributed by atoms with E-state index in [1.807, 2.05) is 25.6 Å². The number of fused-ring (bicyclic) bond motifs is 1. The lowest BCUT2D eigenvalue weighted by Crippen LogP contribution is -2.06. The average molecular weight is 337 g/mol. The van der Waals surface area contributed by atoms with Crippen LogP contribution in [0.25, 0.3) is 10.3 Å². The SMILES string of the molecule is CCn1c(C)nnc1SCCNc1nc2c(s1)c(C)nn2C. The van der Waals surface area contributed by atoms with E-state index >= 15 is 0 Å². The Balaban J connectivity index is 1.57. The Labute approximate surface area is 137 Å². The Hall–Kier alpha value is -1.61. The van der Waals surface area contributed by atoms with Gasteiger partial charge in [-0.3, -0.25) is 0 Å². The van der Waals surface area contributed by atoms with Gasteiger partial charge in [-0.2, -0.15) is 5.10 Å². The van der Waals surface area contributed by atoms with E-state index in [0.717, 1.165) is 51.0 Å². The van der Waals surface area contributed by atoms with Gasteiger partial charge in [0, 0.05) is 25.9 Å². The van der Waals surface area contributed by atoms with E-state index < -0.39 is 0 Å². The fourth-order valence-corrected chi connectivity index (χ4v) is 4.15. The van der Waals surface area contributed by atoms with E-state index in [0.29, 0.717) is 0 Å². The van der Waals surface area contributed by atoms with Gasteiger partial charge in [0.2, 0.25) is 0 Å². The summed E-state index contributed by atoms with van der Waals surface area (Å²) in [5.41, 5.74) is 1.97. The molecular weight excluding hydrogens is 318 g/mol. The van der Waals surface area contributed by atoms with Crippen LogP contribution in [0.1, 0.15) is 18.4 Å². The second-order valence-corrected chi connectivity index (χ2v) is 6.99. The molecule has 0 aliphatic rings. The molecule has 0 bridgehead atoms. The highest BCUT2D eigenvalue weighted by atomic mass is 32.2. The predicted molar refractivity (Wildman–Crippen MR) is 90.8 cm³/mol. The first-order valence-corrected chi connectivity index (χ1v) is 8.97. The Morgan fingerprint density at radius 1 is 1.27 bits per heavy atom. The monoisotopic (exact) mass is 337 g/mol. The summed E-state index contributed by atoms with van der Waals surface area (Å²) in [6, 6.07) is 0. The molecule has 9 heteroatoms. The molecule has 0 fully saturated rings. The fraction of sp³-hybridized carbons (Fsp3) is 0.538. The lowest BCUT2D eigenvalue weighted by Gasteiger charge is -2.05. The molecule has 0 atom stereocenters. The molecule has 3 rings (SSSR count). The molecular formula is C13H19N7S2. The zero-order valence-electron chi connectivity index (χ0n) is 13.1. The van der Waals surface area contributed by atoms with E-state index in [-0.39, 0.29) is 0 Å². The topological polar surface area (TPSA) is 73.5 Å². The molecule has 3 aromatic rings. The zero-order chi connectivity index (χ0) is 15.7. The van der Waals surface area contributed by atoms with E-state index in [2.05, 4.69) is 37.1 Å². The van der Waals surface area contributed by atoms with E-state index in [1.54, 1.807) is 23.1 Å². The number of hydrogen-bond donors (Lipinski definition) is 1. The maximum absolute atomic E-state index is 4.58. The minimum atomic E-state index is 0.840. The van der Waals surface area contributed by atoms with Gasteiger partial charge in [0.15, 0.2) is 15.9 Å². The second kappa shape index (κ2) is 6.25. The van der Waals surface area contributed by atoms with Gasteiger partial charge in [-0.05, 0) is 20.8 Å². The van der Waals surface area contributed by atoms with Crippen LogP contribution in [0.5, 0.6) is 0 Å². The Kier molecular flexibility index (Phi) is 4.34. The van der Waals surface area contributed by atoms with Gasteiger partial charge < -0.3 is 9.88 Å². The molecule has 0 saturated heterocycles. The maximum atomic E-state index is 4.58. The molecule has 0 spiro atoms. The minimum Gasteiger partial charge on any atom is -0.361 e. The smallest absolute Gasteiger partial charge is 0.191 e. The molecule has 118 valence electrons. The van der Waals surface area contributed by atoms with Crippen LogP contribution in [0.3, 0.4) is 0 Å². The summed E-state index contributed by atoms with van der Waals surface area (Å²) in [7, 11) is 1.93. The lowest BCUT2D eigenvalue weighted by molar-refractivity contribution is 0.662. The van der Waals surface area contributed by atoms with Crippen molar-refractivity contribution in [3.8, 4) is 0 Å². The number of aryl methyl sites for hydroxylation is 3. The summed E-state index contributed by atoms with van der Waals surface area (Å²) in [5, 5.41) is 18.0. The quantitative estimate of drug-likeness (QED) is 0.550. The highest BCUT2D eigenvalue weighted by Crippen LogP contribution is 2.28. The third-order valence-corrected chi connectivity index (χ3v) is 5.45. The highest BCUT2D eigenvalue weighted by Gasteiger charge is 2.12. The molecule has 0 aliphatic heterocycles. The van der Waals surface area contributed by atoms with Crippen molar-refractivity contribution in [1.82, 2.24) is 29.5 Å². The largest absolute Gasteiger partial charge is 0.361 e. The Morgan fingerprint density at radius 2 is 2.09 bits per heavy atom. The number of nitrogens with one attached hydrogen (secondary N) is 1. The van der Waals surface area contributed by atoms with Crippen molar-refractivity contribution in [3.63, 3.8) is 0 Å². The van der Waals surface area contributed by atoms with Gasteiger partial charge in [-0.15, -0.1) is 10.2 Å². The van der Waals surface area contributed by atoms with E-state index in [9.17, 15) is 0 Å².